The molecule has 1 aliphatic rings. The Morgan fingerprint density at radius 3 is 2.92 bits per heavy atom. The number of nitrogens with one attached hydrogen (secondary N) is 1. The third-order valence-corrected chi connectivity index (χ3v) is 4.48. The maximum atomic E-state index is 13.0. The number of pyridine rings is 1. The lowest BCUT2D eigenvalue weighted by Crippen LogP contribution is -2.46. The summed E-state index contributed by atoms with van der Waals surface area (Å²) in [5, 5.41) is 7.78. The molecule has 0 saturated carbocycles. The Labute approximate surface area is 144 Å². The number of amides is 2. The number of benzene rings is 1. The van der Waals surface area contributed by atoms with Crippen LogP contribution in [-0.4, -0.2) is 45.1 Å². The molecule has 126 valence electrons. The minimum atomic E-state index is -0.519. The standard InChI is InChI=1S/C18H17N5O2/c1-19-17(24)16-11-22(10-14-6-8-21-23(14)16)18(25)13-4-5-15-12(9-13)3-2-7-20-15/h2-9,16H,10-11H2,1H3,(H,19,24). The van der Waals surface area contributed by atoms with E-state index in [-0.39, 0.29) is 18.4 Å². The largest absolute Gasteiger partial charge is 0.357 e. The van der Waals surface area contributed by atoms with Gasteiger partial charge in [-0.1, -0.05) is 6.07 Å². The average Bonchev–Trinajstić information content (AvgIpc) is 3.14. The van der Waals surface area contributed by atoms with Gasteiger partial charge >= 0.3 is 0 Å². The molecule has 1 aromatic carbocycles. The van der Waals surface area contributed by atoms with E-state index in [1.54, 1.807) is 35.1 Å². The molecule has 25 heavy (non-hydrogen) atoms. The second kappa shape index (κ2) is 6.01. The maximum absolute atomic E-state index is 13.0. The van der Waals surface area contributed by atoms with Crippen LogP contribution in [0.3, 0.4) is 0 Å². The van der Waals surface area contributed by atoms with Crippen molar-refractivity contribution in [2.24, 2.45) is 0 Å². The number of carbonyl (C=O) groups excluding carboxylic acids is 2. The van der Waals surface area contributed by atoms with Crippen molar-refractivity contribution in [3.05, 3.63) is 60.0 Å². The van der Waals surface area contributed by atoms with E-state index in [9.17, 15) is 9.59 Å². The molecule has 2 aromatic heterocycles. The maximum Gasteiger partial charge on any atom is 0.254 e. The first-order valence-corrected chi connectivity index (χ1v) is 8.05. The monoisotopic (exact) mass is 335 g/mol. The molecule has 0 aliphatic carbocycles. The third-order valence-electron chi connectivity index (χ3n) is 4.48. The highest BCUT2D eigenvalue weighted by atomic mass is 16.2. The molecule has 7 heteroatoms. The molecule has 2 amide bonds. The quantitative estimate of drug-likeness (QED) is 0.767. The molecular formula is C18H17N5O2. The zero-order valence-electron chi connectivity index (χ0n) is 13.7. The van der Waals surface area contributed by atoms with E-state index in [1.165, 1.54) is 0 Å². The van der Waals surface area contributed by atoms with Crippen LogP contribution in [0.25, 0.3) is 10.9 Å². The number of hydrogen-bond acceptors (Lipinski definition) is 4. The van der Waals surface area contributed by atoms with Crippen LogP contribution in [0.1, 0.15) is 22.1 Å². The van der Waals surface area contributed by atoms with Gasteiger partial charge in [0.15, 0.2) is 0 Å². The van der Waals surface area contributed by atoms with Crippen molar-refractivity contribution in [1.82, 2.24) is 25.0 Å². The second-order valence-electron chi connectivity index (χ2n) is 5.99. The SMILES string of the molecule is CNC(=O)C1CN(C(=O)c2ccc3ncccc3c2)Cc2ccnn21. The van der Waals surface area contributed by atoms with Gasteiger partial charge in [0.25, 0.3) is 5.91 Å². The molecule has 0 spiro atoms. The van der Waals surface area contributed by atoms with E-state index in [1.807, 2.05) is 30.3 Å². The molecule has 3 aromatic rings. The number of likely N-dealkylation sites (N-methyl/N-ethyl adjacent to an activating group) is 1. The number of aromatic nitrogens is 3. The Morgan fingerprint density at radius 2 is 2.08 bits per heavy atom. The summed E-state index contributed by atoms with van der Waals surface area (Å²) in [6.07, 6.45) is 3.38. The van der Waals surface area contributed by atoms with E-state index >= 15 is 0 Å². The van der Waals surface area contributed by atoms with Gasteiger partial charge in [0.2, 0.25) is 5.91 Å². The van der Waals surface area contributed by atoms with E-state index in [0.717, 1.165) is 16.6 Å². The zero-order chi connectivity index (χ0) is 17.4. The fraction of sp³-hybridized carbons (Fsp3) is 0.222. The fourth-order valence-electron chi connectivity index (χ4n) is 3.20. The first-order chi connectivity index (χ1) is 12.2. The molecule has 0 radical (unpaired) electrons. The number of fused-ring (bicyclic) bond motifs is 2. The summed E-state index contributed by atoms with van der Waals surface area (Å²) in [6.45, 7) is 0.718. The predicted octanol–water partition coefficient (Wildman–Crippen LogP) is 1.37. The van der Waals surface area contributed by atoms with Gasteiger partial charge in [-0.2, -0.15) is 5.10 Å². The van der Waals surface area contributed by atoms with Crippen molar-refractivity contribution in [1.29, 1.82) is 0 Å². The van der Waals surface area contributed by atoms with Gasteiger partial charge in [-0.05, 0) is 30.3 Å². The molecular weight excluding hydrogens is 318 g/mol. The third kappa shape index (κ3) is 2.63. The van der Waals surface area contributed by atoms with Gasteiger partial charge in [-0.3, -0.25) is 19.3 Å². The molecule has 0 fully saturated rings. The normalized spacial score (nSPS) is 16.5. The lowest BCUT2D eigenvalue weighted by Gasteiger charge is -2.33. The van der Waals surface area contributed by atoms with Crippen molar-refractivity contribution in [3.8, 4) is 0 Å². The molecule has 1 aliphatic heterocycles. The lowest BCUT2D eigenvalue weighted by molar-refractivity contribution is -0.125. The molecule has 0 saturated heterocycles. The van der Waals surface area contributed by atoms with Gasteiger partial charge in [0.05, 0.1) is 24.3 Å². The van der Waals surface area contributed by atoms with Crippen molar-refractivity contribution < 1.29 is 9.59 Å². The number of carbonyl (C=O) groups is 2. The summed E-state index contributed by atoms with van der Waals surface area (Å²) >= 11 is 0. The van der Waals surface area contributed by atoms with Gasteiger partial charge in [-0.25, -0.2) is 0 Å². The summed E-state index contributed by atoms with van der Waals surface area (Å²) in [6, 6.07) is 10.5. The lowest BCUT2D eigenvalue weighted by atomic mass is 10.1. The molecule has 1 atom stereocenters. The van der Waals surface area contributed by atoms with Gasteiger partial charge in [-0.15, -0.1) is 0 Å². The van der Waals surface area contributed by atoms with Gasteiger partial charge < -0.3 is 10.2 Å². The van der Waals surface area contributed by atoms with Crippen molar-refractivity contribution >= 4 is 22.7 Å². The van der Waals surface area contributed by atoms with Crippen LogP contribution < -0.4 is 5.32 Å². The van der Waals surface area contributed by atoms with E-state index in [0.29, 0.717) is 12.1 Å². The van der Waals surface area contributed by atoms with Gasteiger partial charge in [0, 0.05) is 30.4 Å². The summed E-state index contributed by atoms with van der Waals surface area (Å²) in [5.74, 6) is -0.266. The molecule has 4 rings (SSSR count). The van der Waals surface area contributed by atoms with Crippen LogP contribution in [0.5, 0.6) is 0 Å². The van der Waals surface area contributed by atoms with Crippen molar-refractivity contribution in [2.45, 2.75) is 12.6 Å². The first kappa shape index (κ1) is 15.3. The first-order valence-electron chi connectivity index (χ1n) is 8.05. The van der Waals surface area contributed by atoms with Crippen LogP contribution in [0.2, 0.25) is 0 Å². The average molecular weight is 335 g/mol. The topological polar surface area (TPSA) is 80.1 Å². The molecule has 3 heterocycles. The Morgan fingerprint density at radius 1 is 1.20 bits per heavy atom. The molecule has 0 bridgehead atoms. The van der Waals surface area contributed by atoms with E-state index in [2.05, 4.69) is 15.4 Å². The Hall–Kier alpha value is -3.22. The summed E-state index contributed by atoms with van der Waals surface area (Å²) in [7, 11) is 1.59. The van der Waals surface area contributed by atoms with Crippen LogP contribution >= 0.6 is 0 Å². The smallest absolute Gasteiger partial charge is 0.254 e. The summed E-state index contributed by atoms with van der Waals surface area (Å²) < 4.78 is 1.69. The van der Waals surface area contributed by atoms with Crippen LogP contribution in [-0.2, 0) is 11.3 Å². The minimum absolute atomic E-state index is 0.105. The van der Waals surface area contributed by atoms with E-state index < -0.39 is 6.04 Å². The highest BCUT2D eigenvalue weighted by molar-refractivity contribution is 5.98. The Kier molecular flexibility index (Phi) is 3.68. The van der Waals surface area contributed by atoms with Crippen LogP contribution in [0.4, 0.5) is 0 Å². The summed E-state index contributed by atoms with van der Waals surface area (Å²) in [4.78, 5) is 31.1. The van der Waals surface area contributed by atoms with Crippen LogP contribution in [0.15, 0.2) is 48.8 Å². The number of rotatable bonds is 2. The van der Waals surface area contributed by atoms with Crippen molar-refractivity contribution in [3.63, 3.8) is 0 Å². The van der Waals surface area contributed by atoms with E-state index in [4.69, 9.17) is 0 Å². The fourth-order valence-corrected chi connectivity index (χ4v) is 3.20. The zero-order valence-corrected chi connectivity index (χ0v) is 13.7. The van der Waals surface area contributed by atoms with Crippen molar-refractivity contribution in [2.75, 3.05) is 13.6 Å². The second-order valence-corrected chi connectivity index (χ2v) is 5.99. The molecule has 1 N–H and O–H groups in total. The Bertz CT molecular complexity index is 965. The highest BCUT2D eigenvalue weighted by Gasteiger charge is 2.32. The molecule has 1 unspecified atom stereocenters. The minimum Gasteiger partial charge on any atom is -0.357 e. The van der Waals surface area contributed by atoms with Crippen LogP contribution in [0, 0.1) is 0 Å². The predicted molar refractivity (Wildman–Crippen MR) is 91.8 cm³/mol. The summed E-state index contributed by atoms with van der Waals surface area (Å²) in [5.41, 5.74) is 2.28. The van der Waals surface area contributed by atoms with Gasteiger partial charge in [0.1, 0.15) is 6.04 Å². The number of hydrogen-bond donors (Lipinski definition) is 1. The Balaban J connectivity index is 1.66. The number of nitrogens with zero attached hydrogens (tertiary/aromatic N) is 4. The highest BCUT2D eigenvalue weighted by Crippen LogP contribution is 2.23. The molecule has 7 nitrogen and oxygen atoms in total.